The highest BCUT2D eigenvalue weighted by Gasteiger charge is 2.59. The molecule has 4 atom stereocenters. The molecular formula is C13H23NO. The van der Waals surface area contributed by atoms with Crippen LogP contribution in [-0.4, -0.2) is 31.3 Å². The van der Waals surface area contributed by atoms with Gasteiger partial charge in [-0.3, -0.25) is 4.79 Å². The minimum Gasteiger partial charge on any atom is -0.309 e. The van der Waals surface area contributed by atoms with Gasteiger partial charge in [-0.25, -0.2) is 0 Å². The topological polar surface area (TPSA) is 20.3 Å². The van der Waals surface area contributed by atoms with Crippen molar-refractivity contribution in [2.75, 3.05) is 20.6 Å². The third kappa shape index (κ3) is 1.45. The van der Waals surface area contributed by atoms with Gasteiger partial charge in [0.2, 0.25) is 0 Å². The Morgan fingerprint density at radius 2 is 2.00 bits per heavy atom. The minimum absolute atomic E-state index is 0.302. The van der Waals surface area contributed by atoms with E-state index in [1.807, 2.05) is 0 Å². The Bertz CT molecular complexity index is 282. The molecule has 15 heavy (non-hydrogen) atoms. The first-order chi connectivity index (χ1) is 6.85. The quantitative estimate of drug-likeness (QED) is 0.693. The summed E-state index contributed by atoms with van der Waals surface area (Å²) >= 11 is 0. The molecule has 0 unspecified atom stereocenters. The molecule has 0 heterocycles. The van der Waals surface area contributed by atoms with E-state index in [1.54, 1.807) is 0 Å². The Balaban J connectivity index is 2.21. The SMILES string of the molecule is C[C@H]1[C@H]2C[C@H]([C@@H](CN(C)C)C2=O)C1(C)C. The zero-order valence-corrected chi connectivity index (χ0v) is 10.6. The van der Waals surface area contributed by atoms with E-state index >= 15 is 0 Å². The third-order valence-electron chi connectivity index (χ3n) is 5.02. The van der Waals surface area contributed by atoms with Gasteiger partial charge < -0.3 is 4.90 Å². The van der Waals surface area contributed by atoms with Crippen molar-refractivity contribution in [2.24, 2.45) is 29.1 Å². The summed E-state index contributed by atoms with van der Waals surface area (Å²) in [6.07, 6.45) is 1.14. The summed E-state index contributed by atoms with van der Waals surface area (Å²) in [5, 5.41) is 0. The molecule has 0 aromatic rings. The van der Waals surface area contributed by atoms with Gasteiger partial charge in [-0.15, -0.1) is 0 Å². The second kappa shape index (κ2) is 3.31. The summed E-state index contributed by atoms with van der Waals surface area (Å²) < 4.78 is 0. The van der Waals surface area contributed by atoms with E-state index in [1.165, 1.54) is 0 Å². The first-order valence-electron chi connectivity index (χ1n) is 6.04. The first-order valence-corrected chi connectivity index (χ1v) is 6.04. The fraction of sp³-hybridized carbons (Fsp3) is 0.923. The molecule has 2 nitrogen and oxygen atoms in total. The Morgan fingerprint density at radius 1 is 1.40 bits per heavy atom. The molecule has 0 spiro atoms. The smallest absolute Gasteiger partial charge is 0.140 e. The van der Waals surface area contributed by atoms with Crippen LogP contribution < -0.4 is 0 Å². The first kappa shape index (κ1) is 11.1. The maximum Gasteiger partial charge on any atom is 0.140 e. The highest BCUT2D eigenvalue weighted by molar-refractivity contribution is 5.87. The van der Waals surface area contributed by atoms with Gasteiger partial charge in [0.15, 0.2) is 0 Å². The number of hydrogen-bond acceptors (Lipinski definition) is 2. The molecule has 2 saturated carbocycles. The van der Waals surface area contributed by atoms with E-state index in [2.05, 4.69) is 39.8 Å². The van der Waals surface area contributed by atoms with Gasteiger partial charge in [-0.05, 0) is 37.8 Å². The summed E-state index contributed by atoms with van der Waals surface area (Å²) in [6.45, 7) is 7.89. The van der Waals surface area contributed by atoms with Gasteiger partial charge in [0.25, 0.3) is 0 Å². The standard InChI is InChI=1S/C13H23NO/c1-8-9-6-11(13(8,2)3)10(12(9)15)7-14(4)5/h8-11H,6-7H2,1-5H3/t8-,9+,10+,11+/m0/s1. The van der Waals surface area contributed by atoms with Crippen molar-refractivity contribution in [3.05, 3.63) is 0 Å². The number of nitrogens with zero attached hydrogens (tertiary/aromatic N) is 1. The fourth-order valence-corrected chi connectivity index (χ4v) is 3.77. The van der Waals surface area contributed by atoms with E-state index in [0.29, 0.717) is 34.9 Å². The Hall–Kier alpha value is -0.370. The molecule has 86 valence electrons. The van der Waals surface area contributed by atoms with Gasteiger partial charge in [-0.2, -0.15) is 0 Å². The van der Waals surface area contributed by atoms with E-state index in [4.69, 9.17) is 0 Å². The lowest BCUT2D eigenvalue weighted by atomic mass is 9.65. The van der Waals surface area contributed by atoms with E-state index < -0.39 is 0 Å². The van der Waals surface area contributed by atoms with Crippen molar-refractivity contribution >= 4 is 5.78 Å². The molecule has 0 saturated heterocycles. The fourth-order valence-electron chi connectivity index (χ4n) is 3.77. The maximum absolute atomic E-state index is 12.2. The van der Waals surface area contributed by atoms with Gasteiger partial charge in [0.05, 0.1) is 0 Å². The van der Waals surface area contributed by atoms with Crippen molar-refractivity contribution in [2.45, 2.75) is 27.2 Å². The van der Waals surface area contributed by atoms with E-state index in [9.17, 15) is 4.79 Å². The molecule has 0 aromatic heterocycles. The van der Waals surface area contributed by atoms with Crippen LogP contribution >= 0.6 is 0 Å². The molecule has 0 aliphatic heterocycles. The van der Waals surface area contributed by atoms with Gasteiger partial charge in [0, 0.05) is 18.4 Å². The normalized spacial score (nSPS) is 42.9. The number of carbonyl (C=O) groups is 1. The molecule has 2 fully saturated rings. The van der Waals surface area contributed by atoms with Gasteiger partial charge in [-0.1, -0.05) is 20.8 Å². The van der Waals surface area contributed by atoms with Gasteiger partial charge >= 0.3 is 0 Å². The number of Topliss-reactive ketones (excluding diaryl/α,β-unsaturated/α-hetero) is 1. The second-order valence-electron chi connectivity index (χ2n) is 6.33. The van der Waals surface area contributed by atoms with Crippen LogP contribution in [0.3, 0.4) is 0 Å². The molecule has 0 radical (unpaired) electrons. The van der Waals surface area contributed by atoms with Crippen LogP contribution in [-0.2, 0) is 4.79 Å². The van der Waals surface area contributed by atoms with Crippen LogP contribution in [0.1, 0.15) is 27.2 Å². The lowest BCUT2D eigenvalue weighted by molar-refractivity contribution is -0.131. The zero-order valence-electron chi connectivity index (χ0n) is 10.6. The molecule has 0 N–H and O–H groups in total. The average molecular weight is 209 g/mol. The molecule has 0 amide bonds. The average Bonchev–Trinajstić information content (AvgIpc) is 2.52. The number of ketones is 1. The minimum atomic E-state index is 0.302. The molecule has 2 aliphatic carbocycles. The molecule has 2 rings (SSSR count). The summed E-state index contributed by atoms with van der Waals surface area (Å²) in [4.78, 5) is 14.3. The summed E-state index contributed by atoms with van der Waals surface area (Å²) in [5.41, 5.74) is 0.360. The Labute approximate surface area is 93.0 Å². The Kier molecular flexibility index (Phi) is 2.45. The number of carbonyl (C=O) groups excluding carboxylic acids is 1. The number of fused-ring (bicyclic) bond motifs is 2. The van der Waals surface area contributed by atoms with Crippen LogP contribution in [0.2, 0.25) is 0 Å². The summed E-state index contributed by atoms with van der Waals surface area (Å²) in [6, 6.07) is 0. The second-order valence-corrected chi connectivity index (χ2v) is 6.33. The van der Waals surface area contributed by atoms with Crippen molar-refractivity contribution < 1.29 is 4.79 Å². The number of rotatable bonds is 2. The number of hydrogen-bond donors (Lipinski definition) is 0. The zero-order chi connectivity index (χ0) is 11.4. The summed E-state index contributed by atoms with van der Waals surface area (Å²) in [5.74, 6) is 2.40. The predicted molar refractivity (Wildman–Crippen MR) is 61.6 cm³/mol. The lowest BCUT2D eigenvalue weighted by Crippen LogP contribution is -2.43. The van der Waals surface area contributed by atoms with Crippen LogP contribution in [0.5, 0.6) is 0 Å². The van der Waals surface area contributed by atoms with Crippen molar-refractivity contribution in [3.63, 3.8) is 0 Å². The van der Waals surface area contributed by atoms with Crippen LogP contribution in [0.25, 0.3) is 0 Å². The predicted octanol–water partition coefficient (Wildman–Crippen LogP) is 2.05. The van der Waals surface area contributed by atoms with Crippen LogP contribution in [0.4, 0.5) is 0 Å². The van der Waals surface area contributed by atoms with Crippen molar-refractivity contribution in [1.82, 2.24) is 4.90 Å². The van der Waals surface area contributed by atoms with E-state index in [0.717, 1.165) is 13.0 Å². The summed E-state index contributed by atoms with van der Waals surface area (Å²) in [7, 11) is 4.13. The lowest BCUT2D eigenvalue weighted by Gasteiger charge is -2.40. The van der Waals surface area contributed by atoms with E-state index in [-0.39, 0.29) is 0 Å². The molecular weight excluding hydrogens is 186 g/mol. The molecule has 0 aromatic carbocycles. The van der Waals surface area contributed by atoms with Crippen molar-refractivity contribution in [3.8, 4) is 0 Å². The third-order valence-corrected chi connectivity index (χ3v) is 5.02. The highest BCUT2D eigenvalue weighted by atomic mass is 16.1. The Morgan fingerprint density at radius 3 is 2.47 bits per heavy atom. The monoisotopic (exact) mass is 209 g/mol. The largest absolute Gasteiger partial charge is 0.309 e. The molecule has 2 aliphatic rings. The molecule has 2 bridgehead atoms. The highest BCUT2D eigenvalue weighted by Crippen LogP contribution is 2.59. The van der Waals surface area contributed by atoms with Crippen LogP contribution in [0, 0.1) is 29.1 Å². The molecule has 2 heteroatoms. The van der Waals surface area contributed by atoms with Crippen LogP contribution in [0.15, 0.2) is 0 Å². The van der Waals surface area contributed by atoms with Gasteiger partial charge in [0.1, 0.15) is 5.78 Å². The maximum atomic E-state index is 12.2. The van der Waals surface area contributed by atoms with Crippen molar-refractivity contribution in [1.29, 1.82) is 0 Å².